The van der Waals surface area contributed by atoms with Gasteiger partial charge in [-0.05, 0) is 17.9 Å². The fraction of sp³-hybridized carbons (Fsp3) is 0.286. The van der Waals surface area contributed by atoms with Gasteiger partial charge in [0.2, 0.25) is 0 Å². The summed E-state index contributed by atoms with van der Waals surface area (Å²) in [4.78, 5) is 1.38. The number of thiophene rings is 1. The fourth-order valence-electron chi connectivity index (χ4n) is 0.747. The molecule has 11 heavy (non-hydrogen) atoms. The molecule has 0 unspecified atom stereocenters. The number of nitrogens with one attached hydrogen (secondary N) is 1. The van der Waals surface area contributed by atoms with Crippen molar-refractivity contribution in [3.63, 3.8) is 0 Å². The quantitative estimate of drug-likeness (QED) is 0.576. The predicted octanol–water partition coefficient (Wildman–Crippen LogP) is 2.09. The summed E-state index contributed by atoms with van der Waals surface area (Å²) in [5, 5.41) is 5.06. The lowest BCUT2D eigenvalue weighted by atomic mass is 10.3. The van der Waals surface area contributed by atoms with Gasteiger partial charge in [-0.1, -0.05) is 18.3 Å². The van der Waals surface area contributed by atoms with Crippen LogP contribution in [-0.2, 0) is 6.42 Å². The molecule has 4 heteroatoms. The van der Waals surface area contributed by atoms with Crippen LogP contribution in [0.25, 0.3) is 0 Å². The minimum atomic E-state index is 0.571. The standard InChI is InChI=1S/C7H9NS3/c9-7(10)8-4-3-6-2-1-5-11-6/h1-2,5H,3-4H2,(H2,8,9,10). The zero-order chi connectivity index (χ0) is 8.10. The third-order valence-corrected chi connectivity index (χ3v) is 2.47. The first-order valence-corrected chi connectivity index (χ1v) is 5.02. The van der Waals surface area contributed by atoms with Gasteiger partial charge >= 0.3 is 0 Å². The van der Waals surface area contributed by atoms with E-state index in [1.54, 1.807) is 11.3 Å². The van der Waals surface area contributed by atoms with Gasteiger partial charge in [-0.2, -0.15) is 0 Å². The van der Waals surface area contributed by atoms with E-state index in [9.17, 15) is 0 Å². The summed E-state index contributed by atoms with van der Waals surface area (Å²) in [6, 6.07) is 4.17. The molecular formula is C7H9NS3. The van der Waals surface area contributed by atoms with Gasteiger partial charge in [-0.3, -0.25) is 0 Å². The Kier molecular flexibility index (Phi) is 3.90. The average Bonchev–Trinajstić information content (AvgIpc) is 2.39. The topological polar surface area (TPSA) is 12.0 Å². The smallest absolute Gasteiger partial charge is 0.130 e. The monoisotopic (exact) mass is 203 g/mol. The van der Waals surface area contributed by atoms with E-state index in [-0.39, 0.29) is 0 Å². The van der Waals surface area contributed by atoms with Gasteiger partial charge in [0.05, 0.1) is 0 Å². The molecule has 0 aliphatic rings. The number of thiol groups is 1. The Balaban J connectivity index is 2.19. The van der Waals surface area contributed by atoms with Crippen molar-refractivity contribution < 1.29 is 0 Å². The van der Waals surface area contributed by atoms with E-state index in [0.717, 1.165) is 13.0 Å². The molecule has 0 aliphatic carbocycles. The highest BCUT2D eigenvalue weighted by atomic mass is 32.1. The predicted molar refractivity (Wildman–Crippen MR) is 57.6 cm³/mol. The van der Waals surface area contributed by atoms with E-state index in [1.165, 1.54) is 4.88 Å². The molecule has 0 radical (unpaired) electrons. The number of hydrogen-bond acceptors (Lipinski definition) is 2. The fourth-order valence-corrected chi connectivity index (χ4v) is 1.67. The zero-order valence-electron chi connectivity index (χ0n) is 5.91. The Morgan fingerprint density at radius 2 is 2.55 bits per heavy atom. The first-order valence-electron chi connectivity index (χ1n) is 3.28. The van der Waals surface area contributed by atoms with Gasteiger partial charge in [0, 0.05) is 11.4 Å². The molecule has 0 aromatic carbocycles. The third kappa shape index (κ3) is 3.74. The molecule has 0 atom stereocenters. The molecule has 0 aliphatic heterocycles. The molecule has 0 spiro atoms. The highest BCUT2D eigenvalue weighted by Crippen LogP contribution is 2.07. The second-order valence-corrected chi connectivity index (χ2v) is 4.25. The lowest BCUT2D eigenvalue weighted by Crippen LogP contribution is -2.18. The average molecular weight is 203 g/mol. The summed E-state index contributed by atoms with van der Waals surface area (Å²) in [7, 11) is 0. The normalized spacial score (nSPS) is 9.55. The molecule has 1 N–H and O–H groups in total. The minimum absolute atomic E-state index is 0.571. The second kappa shape index (κ2) is 4.74. The van der Waals surface area contributed by atoms with Crippen molar-refractivity contribution in [1.29, 1.82) is 0 Å². The molecule has 60 valence electrons. The van der Waals surface area contributed by atoms with Crippen molar-refractivity contribution in [2.24, 2.45) is 0 Å². The van der Waals surface area contributed by atoms with Crippen LogP contribution in [0.15, 0.2) is 17.5 Å². The van der Waals surface area contributed by atoms with Crippen molar-refractivity contribution in [1.82, 2.24) is 5.32 Å². The maximum Gasteiger partial charge on any atom is 0.130 e. The summed E-state index contributed by atoms with van der Waals surface area (Å²) in [6.07, 6.45) is 1.03. The van der Waals surface area contributed by atoms with E-state index >= 15 is 0 Å². The van der Waals surface area contributed by atoms with Crippen LogP contribution in [0.1, 0.15) is 4.88 Å². The zero-order valence-corrected chi connectivity index (χ0v) is 8.44. The van der Waals surface area contributed by atoms with Crippen LogP contribution in [0.3, 0.4) is 0 Å². The van der Waals surface area contributed by atoms with Crippen LogP contribution >= 0.6 is 36.2 Å². The van der Waals surface area contributed by atoms with Crippen LogP contribution in [0, 0.1) is 0 Å². The summed E-state index contributed by atoms with van der Waals surface area (Å²) in [5.74, 6) is 0. The molecule has 0 saturated heterocycles. The molecule has 1 rings (SSSR count). The van der Waals surface area contributed by atoms with E-state index in [4.69, 9.17) is 12.2 Å². The molecule has 0 bridgehead atoms. The Hall–Kier alpha value is -0.0600. The van der Waals surface area contributed by atoms with E-state index < -0.39 is 0 Å². The number of thiocarbonyl (C=S) groups is 1. The highest BCUT2D eigenvalue weighted by molar-refractivity contribution is 8.11. The minimum Gasteiger partial charge on any atom is -0.371 e. The van der Waals surface area contributed by atoms with Gasteiger partial charge in [0.1, 0.15) is 4.32 Å². The van der Waals surface area contributed by atoms with Crippen molar-refractivity contribution in [2.75, 3.05) is 6.54 Å². The number of rotatable bonds is 3. The van der Waals surface area contributed by atoms with Crippen molar-refractivity contribution in [3.8, 4) is 0 Å². The highest BCUT2D eigenvalue weighted by Gasteiger charge is 1.92. The lowest BCUT2D eigenvalue weighted by molar-refractivity contribution is 0.895. The Morgan fingerprint density at radius 3 is 3.09 bits per heavy atom. The first-order chi connectivity index (χ1) is 5.29. The Morgan fingerprint density at radius 1 is 1.73 bits per heavy atom. The van der Waals surface area contributed by atoms with Crippen LogP contribution in [0.4, 0.5) is 0 Å². The molecule has 1 heterocycles. The van der Waals surface area contributed by atoms with Crippen molar-refractivity contribution in [3.05, 3.63) is 22.4 Å². The second-order valence-electron chi connectivity index (χ2n) is 2.06. The number of hydrogen-bond donors (Lipinski definition) is 2. The van der Waals surface area contributed by atoms with Gasteiger partial charge in [0.25, 0.3) is 0 Å². The lowest BCUT2D eigenvalue weighted by Gasteiger charge is -1.99. The maximum atomic E-state index is 4.75. The van der Waals surface area contributed by atoms with Crippen LogP contribution in [-0.4, -0.2) is 10.9 Å². The summed E-state index contributed by atoms with van der Waals surface area (Å²) in [6.45, 7) is 0.878. The Bertz CT molecular complexity index is 218. The molecule has 0 saturated carbocycles. The van der Waals surface area contributed by atoms with Gasteiger partial charge < -0.3 is 5.32 Å². The van der Waals surface area contributed by atoms with E-state index in [1.807, 2.05) is 0 Å². The van der Waals surface area contributed by atoms with Gasteiger partial charge in [0.15, 0.2) is 0 Å². The van der Waals surface area contributed by atoms with E-state index in [2.05, 4.69) is 35.5 Å². The summed E-state index contributed by atoms with van der Waals surface area (Å²) in [5.41, 5.74) is 0. The van der Waals surface area contributed by atoms with Gasteiger partial charge in [-0.25, -0.2) is 0 Å². The van der Waals surface area contributed by atoms with Crippen LogP contribution < -0.4 is 5.32 Å². The third-order valence-electron chi connectivity index (χ3n) is 1.23. The van der Waals surface area contributed by atoms with Crippen LogP contribution in [0.5, 0.6) is 0 Å². The molecule has 1 aromatic rings. The van der Waals surface area contributed by atoms with Crippen molar-refractivity contribution >= 4 is 40.5 Å². The SMILES string of the molecule is S=C(S)NCCc1cccs1. The van der Waals surface area contributed by atoms with E-state index in [0.29, 0.717) is 4.32 Å². The van der Waals surface area contributed by atoms with Crippen LogP contribution in [0.2, 0.25) is 0 Å². The maximum absolute atomic E-state index is 4.75. The molecule has 1 aromatic heterocycles. The molecule has 1 nitrogen and oxygen atoms in total. The summed E-state index contributed by atoms with van der Waals surface area (Å²) < 4.78 is 0.571. The molecular weight excluding hydrogens is 194 g/mol. The summed E-state index contributed by atoms with van der Waals surface area (Å²) >= 11 is 10.5. The van der Waals surface area contributed by atoms with Crippen molar-refractivity contribution in [2.45, 2.75) is 6.42 Å². The van der Waals surface area contributed by atoms with Gasteiger partial charge in [-0.15, -0.1) is 24.0 Å². The largest absolute Gasteiger partial charge is 0.371 e. The molecule has 0 fully saturated rings. The molecule has 0 amide bonds. The first kappa shape index (κ1) is 9.03. The Labute approximate surface area is 81.2 Å².